The van der Waals surface area contributed by atoms with Crippen molar-refractivity contribution in [3.05, 3.63) is 75.2 Å². The summed E-state index contributed by atoms with van der Waals surface area (Å²) in [6, 6.07) is 13.6. The first-order chi connectivity index (χ1) is 17.6. The van der Waals surface area contributed by atoms with Crippen molar-refractivity contribution in [3.8, 4) is 11.5 Å². The van der Waals surface area contributed by atoms with E-state index in [4.69, 9.17) is 9.47 Å². The molecule has 0 atom stereocenters. The second-order valence-corrected chi connectivity index (χ2v) is 10.1. The molecule has 8 heteroatoms. The highest BCUT2D eigenvalue weighted by molar-refractivity contribution is 7.09. The van der Waals surface area contributed by atoms with Crippen LogP contribution < -0.4 is 9.47 Å². The average molecular weight is 510 g/mol. The van der Waals surface area contributed by atoms with Gasteiger partial charge < -0.3 is 24.4 Å². The van der Waals surface area contributed by atoms with Crippen LogP contribution in [0.3, 0.4) is 0 Å². The first kappa shape index (κ1) is 26.1. The van der Waals surface area contributed by atoms with Crippen molar-refractivity contribution in [1.82, 2.24) is 14.8 Å². The van der Waals surface area contributed by atoms with Crippen LogP contribution in [0.1, 0.15) is 51.4 Å². The molecule has 7 nitrogen and oxygen atoms in total. The van der Waals surface area contributed by atoms with Gasteiger partial charge in [-0.05, 0) is 62.7 Å². The van der Waals surface area contributed by atoms with Crippen molar-refractivity contribution >= 4 is 17.2 Å². The Labute approximate surface area is 217 Å². The molecule has 1 amide bonds. The molecule has 1 aliphatic rings. The van der Waals surface area contributed by atoms with Gasteiger partial charge in [-0.2, -0.15) is 0 Å². The van der Waals surface area contributed by atoms with Crippen molar-refractivity contribution < 1.29 is 19.4 Å². The van der Waals surface area contributed by atoms with E-state index in [0.717, 1.165) is 35.8 Å². The van der Waals surface area contributed by atoms with Crippen molar-refractivity contribution in [3.63, 3.8) is 0 Å². The van der Waals surface area contributed by atoms with Gasteiger partial charge in [0.05, 0.1) is 19.4 Å². The van der Waals surface area contributed by atoms with Crippen LogP contribution in [-0.4, -0.2) is 59.1 Å². The molecule has 3 aromatic rings. The van der Waals surface area contributed by atoms with E-state index < -0.39 is 0 Å². The highest BCUT2D eigenvalue weighted by Crippen LogP contribution is 2.30. The molecule has 1 saturated heterocycles. The van der Waals surface area contributed by atoms with Gasteiger partial charge in [-0.15, -0.1) is 11.3 Å². The third-order valence-corrected chi connectivity index (χ3v) is 7.31. The van der Waals surface area contributed by atoms with Crippen LogP contribution in [0.4, 0.5) is 0 Å². The fourth-order valence-electron chi connectivity index (χ4n) is 4.36. The fourth-order valence-corrected chi connectivity index (χ4v) is 5.05. The number of ether oxygens (including phenoxy) is 2. The number of aliphatic hydroxyl groups excluding tert-OH is 1. The largest absolute Gasteiger partial charge is 0.493 e. The molecular formula is C28H35N3O4S. The molecule has 0 bridgehead atoms. The van der Waals surface area contributed by atoms with Crippen molar-refractivity contribution in [2.45, 2.75) is 45.9 Å². The molecule has 0 aliphatic carbocycles. The Kier molecular flexibility index (Phi) is 9.33. The van der Waals surface area contributed by atoms with Crippen LogP contribution in [0.25, 0.3) is 0 Å². The molecule has 2 aromatic carbocycles. The zero-order valence-electron chi connectivity index (χ0n) is 21.1. The summed E-state index contributed by atoms with van der Waals surface area (Å²) in [5.41, 5.74) is 3.45. The Hall–Kier alpha value is -2.94. The summed E-state index contributed by atoms with van der Waals surface area (Å²) in [4.78, 5) is 22.2. The van der Waals surface area contributed by atoms with Gasteiger partial charge in [0.15, 0.2) is 11.5 Å². The zero-order valence-corrected chi connectivity index (χ0v) is 21.9. The predicted octanol–water partition coefficient (Wildman–Crippen LogP) is 4.66. The first-order valence-corrected chi connectivity index (χ1v) is 13.4. The summed E-state index contributed by atoms with van der Waals surface area (Å²) in [6.07, 6.45) is 3.74. The van der Waals surface area contributed by atoms with E-state index >= 15 is 0 Å². The van der Waals surface area contributed by atoms with Gasteiger partial charge in [0.25, 0.3) is 5.91 Å². The topological polar surface area (TPSA) is 75.1 Å². The lowest BCUT2D eigenvalue weighted by molar-refractivity contribution is 0.0715. The lowest BCUT2D eigenvalue weighted by Gasteiger charge is -2.30. The molecule has 1 aliphatic heterocycles. The molecule has 4 rings (SSSR count). The van der Waals surface area contributed by atoms with Crippen LogP contribution in [0.5, 0.6) is 11.5 Å². The van der Waals surface area contributed by atoms with E-state index in [1.54, 1.807) is 7.11 Å². The van der Waals surface area contributed by atoms with Gasteiger partial charge in [0.2, 0.25) is 0 Å². The quantitative estimate of drug-likeness (QED) is 0.405. The minimum absolute atomic E-state index is 0.0321. The summed E-state index contributed by atoms with van der Waals surface area (Å²) < 4.78 is 11.5. The molecule has 1 fully saturated rings. The summed E-state index contributed by atoms with van der Waals surface area (Å²) in [6.45, 7) is 6.43. The second kappa shape index (κ2) is 12.9. The molecule has 2 heterocycles. The number of amides is 1. The number of rotatable bonds is 11. The van der Waals surface area contributed by atoms with E-state index in [2.05, 4.69) is 9.88 Å². The standard InChI is InChI=1S/C28H35N3O4S/c1-21-6-9-23(10-7-21)28(33)31(15-14-30-12-4-3-5-13-30)17-22-8-11-25(34-2)26(16-22)35-19-27-29-24(18-32)20-36-27/h6-11,16,20,32H,3-5,12-15,17-19H2,1-2H3. The predicted molar refractivity (Wildman–Crippen MR) is 142 cm³/mol. The molecule has 0 unspecified atom stereocenters. The third-order valence-electron chi connectivity index (χ3n) is 6.43. The molecule has 1 N–H and O–H groups in total. The van der Waals surface area contributed by atoms with Gasteiger partial charge in [0, 0.05) is 30.6 Å². The average Bonchev–Trinajstić information content (AvgIpc) is 3.39. The lowest BCUT2D eigenvalue weighted by atomic mass is 10.1. The smallest absolute Gasteiger partial charge is 0.254 e. The van der Waals surface area contributed by atoms with Crippen LogP contribution in [-0.2, 0) is 19.8 Å². The maximum atomic E-state index is 13.5. The number of nitrogens with zero attached hydrogens (tertiary/aromatic N) is 3. The maximum absolute atomic E-state index is 13.5. The van der Waals surface area contributed by atoms with E-state index in [9.17, 15) is 9.90 Å². The Morgan fingerprint density at radius 1 is 1.11 bits per heavy atom. The maximum Gasteiger partial charge on any atom is 0.254 e. The Morgan fingerprint density at radius 2 is 1.89 bits per heavy atom. The molecule has 0 saturated carbocycles. The number of piperidine rings is 1. The number of hydrogen-bond acceptors (Lipinski definition) is 7. The number of aryl methyl sites for hydroxylation is 1. The highest BCUT2D eigenvalue weighted by Gasteiger charge is 2.19. The number of benzene rings is 2. The lowest BCUT2D eigenvalue weighted by Crippen LogP contribution is -2.40. The van der Waals surface area contributed by atoms with E-state index in [0.29, 0.717) is 35.8 Å². The van der Waals surface area contributed by atoms with Gasteiger partial charge in [-0.1, -0.05) is 30.2 Å². The molecule has 1 aromatic heterocycles. The third kappa shape index (κ3) is 7.06. The fraction of sp³-hybridized carbons (Fsp3) is 0.429. The monoisotopic (exact) mass is 509 g/mol. The van der Waals surface area contributed by atoms with Crippen LogP contribution in [0, 0.1) is 6.92 Å². The second-order valence-electron chi connectivity index (χ2n) is 9.16. The summed E-state index contributed by atoms with van der Waals surface area (Å²) >= 11 is 1.45. The molecule has 36 heavy (non-hydrogen) atoms. The van der Waals surface area contributed by atoms with Crippen molar-refractivity contribution in [1.29, 1.82) is 0 Å². The number of carbonyl (C=O) groups is 1. The summed E-state index contributed by atoms with van der Waals surface area (Å²) in [5.74, 6) is 1.27. The number of carbonyl (C=O) groups excluding carboxylic acids is 1. The van der Waals surface area contributed by atoms with Gasteiger partial charge >= 0.3 is 0 Å². The SMILES string of the molecule is COc1ccc(CN(CCN2CCCCC2)C(=O)c2ccc(C)cc2)cc1OCc1nc(CO)cs1. The van der Waals surface area contributed by atoms with Gasteiger partial charge in [-0.25, -0.2) is 4.98 Å². The molecule has 0 radical (unpaired) electrons. The first-order valence-electron chi connectivity index (χ1n) is 12.5. The Bertz CT molecular complexity index is 1130. The number of methoxy groups -OCH3 is 1. The van der Waals surface area contributed by atoms with Crippen LogP contribution in [0.2, 0.25) is 0 Å². The number of hydrogen-bond donors (Lipinski definition) is 1. The normalized spacial score (nSPS) is 14.0. The number of likely N-dealkylation sites (tertiary alicyclic amines) is 1. The molecule has 0 spiro atoms. The minimum atomic E-state index is -0.0857. The van der Waals surface area contributed by atoms with Crippen molar-refractivity contribution in [2.75, 3.05) is 33.3 Å². The van der Waals surface area contributed by atoms with Gasteiger partial charge in [0.1, 0.15) is 11.6 Å². The van der Waals surface area contributed by atoms with E-state index in [1.165, 1.54) is 30.6 Å². The highest BCUT2D eigenvalue weighted by atomic mass is 32.1. The zero-order chi connectivity index (χ0) is 25.3. The number of aliphatic hydroxyl groups is 1. The van der Waals surface area contributed by atoms with Crippen molar-refractivity contribution in [2.24, 2.45) is 0 Å². The Morgan fingerprint density at radius 3 is 2.58 bits per heavy atom. The number of thiazole rings is 1. The van der Waals surface area contributed by atoms with E-state index in [-0.39, 0.29) is 19.1 Å². The van der Waals surface area contributed by atoms with E-state index in [1.807, 2.05) is 59.7 Å². The molecular weight excluding hydrogens is 474 g/mol. The van der Waals surface area contributed by atoms with Crippen LogP contribution in [0.15, 0.2) is 47.8 Å². The summed E-state index contributed by atoms with van der Waals surface area (Å²) in [5, 5.41) is 11.9. The minimum Gasteiger partial charge on any atom is -0.493 e. The molecule has 192 valence electrons. The summed E-state index contributed by atoms with van der Waals surface area (Å²) in [7, 11) is 1.61. The van der Waals surface area contributed by atoms with Gasteiger partial charge in [-0.3, -0.25) is 4.79 Å². The Balaban J connectivity index is 1.50. The van der Waals surface area contributed by atoms with Crippen LogP contribution >= 0.6 is 11.3 Å². The number of aromatic nitrogens is 1.